The van der Waals surface area contributed by atoms with E-state index in [0.717, 1.165) is 32.4 Å². The van der Waals surface area contributed by atoms with Crippen LogP contribution in [0.5, 0.6) is 0 Å². The van der Waals surface area contributed by atoms with E-state index >= 15 is 0 Å². The molecule has 0 aliphatic carbocycles. The Labute approximate surface area is 68.6 Å². The van der Waals surface area contributed by atoms with Crippen molar-refractivity contribution in [1.29, 1.82) is 0 Å². The van der Waals surface area contributed by atoms with Crippen LogP contribution in [0.15, 0.2) is 0 Å². The van der Waals surface area contributed by atoms with Crippen molar-refractivity contribution in [2.45, 2.75) is 39.2 Å². The molecule has 1 unspecified atom stereocenters. The molecule has 0 bridgehead atoms. The zero-order valence-corrected chi connectivity index (χ0v) is 7.47. The van der Waals surface area contributed by atoms with Gasteiger partial charge < -0.3 is 0 Å². The largest absolute Gasteiger partial charge is 0.300 e. The lowest BCUT2D eigenvalue weighted by Crippen LogP contribution is -2.42. The molecular weight excluding hydrogens is 138 g/mol. The van der Waals surface area contributed by atoms with E-state index in [0.29, 0.717) is 11.8 Å². The predicted molar refractivity (Wildman–Crippen MR) is 45.6 cm³/mol. The molecular formula is C9H17NO. The monoisotopic (exact) mass is 155 g/mol. The quantitative estimate of drug-likeness (QED) is 0.601. The highest BCUT2D eigenvalue weighted by Crippen LogP contribution is 2.15. The van der Waals surface area contributed by atoms with Crippen molar-refractivity contribution in [1.82, 2.24) is 4.90 Å². The molecule has 2 heteroatoms. The van der Waals surface area contributed by atoms with Gasteiger partial charge >= 0.3 is 0 Å². The lowest BCUT2D eigenvalue weighted by molar-refractivity contribution is -0.123. The molecule has 2 nitrogen and oxygen atoms in total. The molecule has 0 N–H and O–H groups in total. The Kier molecular flexibility index (Phi) is 3.06. The number of nitrogens with zero attached hydrogens (tertiary/aromatic N) is 1. The number of hydrogen-bond acceptors (Lipinski definition) is 2. The molecule has 11 heavy (non-hydrogen) atoms. The Hall–Kier alpha value is -0.370. The van der Waals surface area contributed by atoms with Crippen LogP contribution in [0.25, 0.3) is 0 Å². The van der Waals surface area contributed by atoms with Crippen molar-refractivity contribution >= 4 is 5.78 Å². The number of carbonyl (C=O) groups excluding carboxylic acids is 1. The fraction of sp³-hybridized carbons (Fsp3) is 0.889. The molecule has 1 aliphatic heterocycles. The van der Waals surface area contributed by atoms with Gasteiger partial charge in [-0.2, -0.15) is 0 Å². The van der Waals surface area contributed by atoms with Crippen molar-refractivity contribution < 1.29 is 4.79 Å². The maximum Gasteiger partial charge on any atom is 0.135 e. The summed E-state index contributed by atoms with van der Waals surface area (Å²) >= 11 is 0. The second-order valence-corrected chi connectivity index (χ2v) is 3.18. The molecule has 1 atom stereocenters. The van der Waals surface area contributed by atoms with Crippen LogP contribution in [-0.2, 0) is 4.79 Å². The fourth-order valence-electron chi connectivity index (χ4n) is 1.76. The van der Waals surface area contributed by atoms with Gasteiger partial charge in [0.05, 0.1) is 0 Å². The van der Waals surface area contributed by atoms with Crippen LogP contribution in [0, 0.1) is 0 Å². The van der Waals surface area contributed by atoms with Gasteiger partial charge in [-0.15, -0.1) is 0 Å². The van der Waals surface area contributed by atoms with Crippen LogP contribution < -0.4 is 0 Å². The van der Waals surface area contributed by atoms with Gasteiger partial charge in [-0.25, -0.2) is 0 Å². The van der Waals surface area contributed by atoms with E-state index in [4.69, 9.17) is 0 Å². The molecule has 0 aromatic rings. The van der Waals surface area contributed by atoms with Crippen LogP contribution in [0.2, 0.25) is 0 Å². The van der Waals surface area contributed by atoms with E-state index < -0.39 is 0 Å². The third kappa shape index (κ3) is 2.03. The third-order valence-electron chi connectivity index (χ3n) is 2.53. The summed E-state index contributed by atoms with van der Waals surface area (Å²) in [5.41, 5.74) is 0. The number of Topliss-reactive ketones (excluding diaryl/α,β-unsaturated/α-hetero) is 1. The number of piperidine rings is 1. The molecule has 1 fully saturated rings. The molecule has 1 rings (SSSR count). The first-order valence-electron chi connectivity index (χ1n) is 4.53. The lowest BCUT2D eigenvalue weighted by Gasteiger charge is -2.33. The van der Waals surface area contributed by atoms with Crippen LogP contribution in [-0.4, -0.2) is 29.8 Å². The summed E-state index contributed by atoms with van der Waals surface area (Å²) in [7, 11) is 0. The minimum atomic E-state index is 0.446. The standard InChI is InChI=1S/C9H17NO/c1-3-8-7-9(11)5-6-10(8)4-2/h8H,3-7H2,1-2H3. The number of rotatable bonds is 2. The first-order chi connectivity index (χ1) is 5.27. The van der Waals surface area contributed by atoms with Gasteiger partial charge in [0.1, 0.15) is 5.78 Å². The van der Waals surface area contributed by atoms with Crippen molar-refractivity contribution in [3.05, 3.63) is 0 Å². The molecule has 0 spiro atoms. The van der Waals surface area contributed by atoms with Crippen molar-refractivity contribution in [2.24, 2.45) is 0 Å². The summed E-state index contributed by atoms with van der Waals surface area (Å²) in [6.45, 7) is 6.39. The number of likely N-dealkylation sites (tertiary alicyclic amines) is 1. The smallest absolute Gasteiger partial charge is 0.135 e. The van der Waals surface area contributed by atoms with Crippen molar-refractivity contribution in [3.8, 4) is 0 Å². The molecule has 0 aromatic heterocycles. The summed E-state index contributed by atoms with van der Waals surface area (Å²) in [6.07, 6.45) is 2.66. The van der Waals surface area contributed by atoms with Gasteiger partial charge in [-0.3, -0.25) is 9.69 Å². The zero-order valence-electron chi connectivity index (χ0n) is 7.47. The third-order valence-corrected chi connectivity index (χ3v) is 2.53. The van der Waals surface area contributed by atoms with Crippen LogP contribution in [0.1, 0.15) is 33.1 Å². The maximum absolute atomic E-state index is 11.1. The van der Waals surface area contributed by atoms with E-state index in [1.54, 1.807) is 0 Å². The fourth-order valence-corrected chi connectivity index (χ4v) is 1.76. The summed E-state index contributed by atoms with van der Waals surface area (Å²) in [5.74, 6) is 0.446. The second kappa shape index (κ2) is 3.86. The van der Waals surface area contributed by atoms with Gasteiger partial charge in [-0.1, -0.05) is 13.8 Å². The Morgan fingerprint density at radius 1 is 1.55 bits per heavy atom. The minimum absolute atomic E-state index is 0.446. The Morgan fingerprint density at radius 2 is 2.27 bits per heavy atom. The zero-order chi connectivity index (χ0) is 8.27. The minimum Gasteiger partial charge on any atom is -0.300 e. The molecule has 0 amide bonds. The summed E-state index contributed by atoms with van der Waals surface area (Å²) in [6, 6.07) is 0.529. The van der Waals surface area contributed by atoms with Gasteiger partial charge in [0.2, 0.25) is 0 Å². The Bertz CT molecular complexity index is 144. The first kappa shape index (κ1) is 8.72. The maximum atomic E-state index is 11.1. The van der Waals surface area contributed by atoms with Crippen molar-refractivity contribution in [3.63, 3.8) is 0 Å². The van der Waals surface area contributed by atoms with Crippen LogP contribution >= 0.6 is 0 Å². The van der Waals surface area contributed by atoms with E-state index in [-0.39, 0.29) is 0 Å². The van der Waals surface area contributed by atoms with Crippen molar-refractivity contribution in [2.75, 3.05) is 13.1 Å². The lowest BCUT2D eigenvalue weighted by atomic mass is 9.99. The van der Waals surface area contributed by atoms with E-state index in [2.05, 4.69) is 18.7 Å². The van der Waals surface area contributed by atoms with E-state index in [1.165, 1.54) is 0 Å². The highest BCUT2D eigenvalue weighted by molar-refractivity contribution is 5.79. The first-order valence-corrected chi connectivity index (χ1v) is 4.53. The molecule has 0 aromatic carbocycles. The highest BCUT2D eigenvalue weighted by Gasteiger charge is 2.23. The van der Waals surface area contributed by atoms with E-state index in [1.807, 2.05) is 0 Å². The molecule has 1 aliphatic rings. The number of ketones is 1. The average Bonchev–Trinajstić information content (AvgIpc) is 2.04. The molecule has 64 valence electrons. The molecule has 0 radical (unpaired) electrons. The summed E-state index contributed by atoms with van der Waals surface area (Å²) in [4.78, 5) is 13.5. The Balaban J connectivity index is 2.48. The summed E-state index contributed by atoms with van der Waals surface area (Å²) < 4.78 is 0. The van der Waals surface area contributed by atoms with Gasteiger partial charge in [0.25, 0.3) is 0 Å². The molecule has 1 saturated heterocycles. The summed E-state index contributed by atoms with van der Waals surface area (Å²) in [5, 5.41) is 0. The van der Waals surface area contributed by atoms with Gasteiger partial charge in [0, 0.05) is 25.4 Å². The normalized spacial score (nSPS) is 27.5. The average molecular weight is 155 g/mol. The van der Waals surface area contributed by atoms with Gasteiger partial charge in [0.15, 0.2) is 0 Å². The number of carbonyl (C=O) groups is 1. The second-order valence-electron chi connectivity index (χ2n) is 3.18. The van der Waals surface area contributed by atoms with Gasteiger partial charge in [-0.05, 0) is 13.0 Å². The van der Waals surface area contributed by atoms with E-state index in [9.17, 15) is 4.79 Å². The Morgan fingerprint density at radius 3 is 2.82 bits per heavy atom. The number of hydrogen-bond donors (Lipinski definition) is 0. The highest BCUT2D eigenvalue weighted by atomic mass is 16.1. The molecule has 1 heterocycles. The van der Waals surface area contributed by atoms with Crippen LogP contribution in [0.4, 0.5) is 0 Å². The van der Waals surface area contributed by atoms with Crippen LogP contribution in [0.3, 0.4) is 0 Å². The molecule has 0 saturated carbocycles. The topological polar surface area (TPSA) is 20.3 Å². The predicted octanol–water partition coefficient (Wildman–Crippen LogP) is 1.45. The SMILES string of the molecule is CCC1CC(=O)CCN1CC.